The molecule has 3 nitrogen and oxygen atoms in total. The van der Waals surface area contributed by atoms with E-state index in [2.05, 4.69) is 10.3 Å². The Morgan fingerprint density at radius 3 is 3.21 bits per heavy atom. The summed E-state index contributed by atoms with van der Waals surface area (Å²) in [4.78, 5) is 3.93. The highest BCUT2D eigenvalue weighted by molar-refractivity contribution is 5.36. The topological polar surface area (TPSA) is 34.2 Å². The average Bonchev–Trinajstić information content (AvgIpc) is 2.23. The Morgan fingerprint density at radius 1 is 1.57 bits per heavy atom. The van der Waals surface area contributed by atoms with E-state index in [1.165, 1.54) is 6.07 Å². The van der Waals surface area contributed by atoms with Gasteiger partial charge in [0.25, 0.3) is 0 Å². The molecule has 0 spiro atoms. The van der Waals surface area contributed by atoms with Crippen LogP contribution < -0.4 is 5.32 Å². The number of pyridine rings is 1. The average molecular weight is 196 g/mol. The number of halogens is 1. The van der Waals surface area contributed by atoms with Gasteiger partial charge in [0.1, 0.15) is 0 Å². The van der Waals surface area contributed by atoms with E-state index in [1.807, 2.05) is 0 Å². The molecule has 0 unspecified atom stereocenters. The molecule has 0 saturated carbocycles. The van der Waals surface area contributed by atoms with Gasteiger partial charge in [-0.2, -0.15) is 0 Å². The lowest BCUT2D eigenvalue weighted by Gasteiger charge is -2.23. The van der Waals surface area contributed by atoms with E-state index in [9.17, 15) is 4.39 Å². The first kappa shape index (κ1) is 9.40. The van der Waals surface area contributed by atoms with Gasteiger partial charge in [-0.25, -0.2) is 9.37 Å². The van der Waals surface area contributed by atoms with Crippen LogP contribution >= 0.6 is 0 Å². The smallest absolute Gasteiger partial charge is 0.165 e. The van der Waals surface area contributed by atoms with Crippen molar-refractivity contribution < 1.29 is 9.13 Å². The minimum atomic E-state index is -0.307. The molecule has 1 saturated heterocycles. The molecule has 2 heterocycles. The summed E-state index contributed by atoms with van der Waals surface area (Å²) in [7, 11) is 0. The molecule has 1 aliphatic rings. The lowest BCUT2D eigenvalue weighted by molar-refractivity contribution is 0.0874. The molecule has 14 heavy (non-hydrogen) atoms. The van der Waals surface area contributed by atoms with Crippen LogP contribution in [0.3, 0.4) is 0 Å². The highest BCUT2D eigenvalue weighted by Crippen LogP contribution is 2.14. The van der Waals surface area contributed by atoms with Crippen LogP contribution in [0.4, 0.5) is 10.2 Å². The Labute approximate surface area is 82.3 Å². The Bertz CT molecular complexity index is 300. The zero-order valence-corrected chi connectivity index (χ0v) is 7.87. The van der Waals surface area contributed by atoms with Gasteiger partial charge in [-0.05, 0) is 25.0 Å². The van der Waals surface area contributed by atoms with Crippen LogP contribution in [0.5, 0.6) is 0 Å². The Morgan fingerprint density at radius 2 is 2.50 bits per heavy atom. The van der Waals surface area contributed by atoms with Gasteiger partial charge in [0.05, 0.1) is 12.6 Å². The van der Waals surface area contributed by atoms with Gasteiger partial charge in [-0.3, -0.25) is 0 Å². The van der Waals surface area contributed by atoms with Crippen molar-refractivity contribution in [3.63, 3.8) is 0 Å². The van der Waals surface area contributed by atoms with Crippen LogP contribution in [0.1, 0.15) is 12.8 Å². The van der Waals surface area contributed by atoms with Crippen molar-refractivity contribution >= 4 is 5.82 Å². The summed E-state index contributed by atoms with van der Waals surface area (Å²) in [6, 6.07) is 3.17. The Hall–Kier alpha value is -1.16. The Kier molecular flexibility index (Phi) is 2.93. The maximum Gasteiger partial charge on any atom is 0.165 e. The van der Waals surface area contributed by atoms with Crippen molar-refractivity contribution in [2.24, 2.45) is 0 Å². The predicted molar refractivity (Wildman–Crippen MR) is 51.7 cm³/mol. The number of aromatic nitrogens is 1. The monoisotopic (exact) mass is 196 g/mol. The number of rotatable bonds is 2. The zero-order chi connectivity index (χ0) is 9.80. The van der Waals surface area contributed by atoms with Crippen LogP contribution in [0.15, 0.2) is 18.3 Å². The molecule has 4 heteroatoms. The third-order valence-electron chi connectivity index (χ3n) is 2.26. The lowest BCUT2D eigenvalue weighted by Crippen LogP contribution is -2.30. The number of ether oxygens (including phenoxy) is 1. The van der Waals surface area contributed by atoms with Crippen molar-refractivity contribution in [3.05, 3.63) is 24.1 Å². The second-order valence-corrected chi connectivity index (χ2v) is 3.39. The summed E-state index contributed by atoms with van der Waals surface area (Å²) in [5.41, 5.74) is 0. The van der Waals surface area contributed by atoms with Crippen LogP contribution in [0.25, 0.3) is 0 Å². The molecule has 1 fully saturated rings. The third kappa shape index (κ3) is 2.20. The quantitative estimate of drug-likeness (QED) is 0.783. The van der Waals surface area contributed by atoms with E-state index in [0.29, 0.717) is 12.4 Å². The fraction of sp³-hybridized carbons (Fsp3) is 0.500. The third-order valence-corrected chi connectivity index (χ3v) is 2.26. The van der Waals surface area contributed by atoms with Crippen LogP contribution in [0.2, 0.25) is 0 Å². The van der Waals surface area contributed by atoms with Crippen molar-refractivity contribution in [1.82, 2.24) is 4.98 Å². The summed E-state index contributed by atoms with van der Waals surface area (Å²) in [6.07, 6.45) is 3.61. The largest absolute Gasteiger partial charge is 0.379 e. The SMILES string of the molecule is Fc1cccnc1N[C@@H]1CCCOC1. The molecule has 0 aromatic carbocycles. The maximum absolute atomic E-state index is 13.2. The molecule has 0 radical (unpaired) electrons. The van der Waals surface area contributed by atoms with E-state index in [-0.39, 0.29) is 11.9 Å². The summed E-state index contributed by atoms with van der Waals surface area (Å²) >= 11 is 0. The van der Waals surface area contributed by atoms with Crippen LogP contribution in [-0.4, -0.2) is 24.2 Å². The number of nitrogens with one attached hydrogen (secondary N) is 1. The van der Waals surface area contributed by atoms with Gasteiger partial charge in [-0.1, -0.05) is 0 Å². The molecule has 1 aromatic rings. The van der Waals surface area contributed by atoms with Gasteiger partial charge in [0.15, 0.2) is 11.6 Å². The van der Waals surface area contributed by atoms with E-state index < -0.39 is 0 Å². The molecule has 1 aliphatic heterocycles. The number of hydrogen-bond acceptors (Lipinski definition) is 3. The first-order chi connectivity index (χ1) is 6.86. The minimum Gasteiger partial charge on any atom is -0.379 e. The summed E-state index contributed by atoms with van der Waals surface area (Å²) in [5, 5.41) is 3.04. The molecule has 2 rings (SSSR count). The first-order valence-electron chi connectivity index (χ1n) is 4.81. The van der Waals surface area contributed by atoms with Gasteiger partial charge < -0.3 is 10.1 Å². The summed E-state index contributed by atoms with van der Waals surface area (Å²) in [6.45, 7) is 1.44. The molecule has 0 bridgehead atoms. The Balaban J connectivity index is 1.99. The normalized spacial score (nSPS) is 21.9. The molecule has 76 valence electrons. The van der Waals surface area contributed by atoms with Crippen LogP contribution in [-0.2, 0) is 4.74 Å². The number of hydrogen-bond donors (Lipinski definition) is 1. The van der Waals surface area contributed by atoms with Crippen molar-refractivity contribution in [3.8, 4) is 0 Å². The lowest BCUT2D eigenvalue weighted by atomic mass is 10.1. The minimum absolute atomic E-state index is 0.188. The van der Waals surface area contributed by atoms with E-state index in [0.717, 1.165) is 19.4 Å². The fourth-order valence-electron chi connectivity index (χ4n) is 1.54. The highest BCUT2D eigenvalue weighted by Gasteiger charge is 2.15. The molecular weight excluding hydrogens is 183 g/mol. The van der Waals surface area contributed by atoms with Crippen molar-refractivity contribution in [2.45, 2.75) is 18.9 Å². The molecule has 1 aromatic heterocycles. The van der Waals surface area contributed by atoms with Crippen molar-refractivity contribution in [2.75, 3.05) is 18.5 Å². The maximum atomic E-state index is 13.2. The van der Waals surface area contributed by atoms with Crippen LogP contribution in [0, 0.1) is 5.82 Å². The van der Waals surface area contributed by atoms with Gasteiger partial charge in [0.2, 0.25) is 0 Å². The summed E-state index contributed by atoms with van der Waals surface area (Å²) < 4.78 is 18.5. The van der Waals surface area contributed by atoms with Gasteiger partial charge in [-0.15, -0.1) is 0 Å². The van der Waals surface area contributed by atoms with E-state index in [1.54, 1.807) is 12.3 Å². The molecule has 0 aliphatic carbocycles. The first-order valence-corrected chi connectivity index (χ1v) is 4.81. The standard InChI is InChI=1S/C10H13FN2O/c11-9-4-1-5-12-10(9)13-8-3-2-6-14-7-8/h1,4-5,8H,2-3,6-7H2,(H,12,13)/t8-/m1/s1. The van der Waals surface area contributed by atoms with Crippen molar-refractivity contribution in [1.29, 1.82) is 0 Å². The molecule has 1 N–H and O–H groups in total. The number of anilines is 1. The highest BCUT2D eigenvalue weighted by atomic mass is 19.1. The van der Waals surface area contributed by atoms with E-state index >= 15 is 0 Å². The second-order valence-electron chi connectivity index (χ2n) is 3.39. The van der Waals surface area contributed by atoms with Gasteiger partial charge >= 0.3 is 0 Å². The fourth-order valence-corrected chi connectivity index (χ4v) is 1.54. The van der Waals surface area contributed by atoms with Gasteiger partial charge in [0, 0.05) is 12.8 Å². The predicted octanol–water partition coefficient (Wildman–Crippen LogP) is 1.81. The zero-order valence-electron chi connectivity index (χ0n) is 7.87. The summed E-state index contributed by atoms with van der Waals surface area (Å²) in [5.74, 6) is 0.0149. The van der Waals surface area contributed by atoms with E-state index in [4.69, 9.17) is 4.74 Å². The number of nitrogens with zero attached hydrogens (tertiary/aromatic N) is 1. The molecule has 0 amide bonds. The molecule has 1 atom stereocenters. The second kappa shape index (κ2) is 4.37. The molecular formula is C10H13FN2O.